The fourth-order valence-electron chi connectivity index (χ4n) is 3.93. The first kappa shape index (κ1) is 18.7. The number of ether oxygens (including phenoxy) is 1. The van der Waals surface area contributed by atoms with Crippen molar-refractivity contribution in [3.63, 3.8) is 0 Å². The van der Waals surface area contributed by atoms with Gasteiger partial charge in [0, 0.05) is 27.9 Å². The Morgan fingerprint density at radius 3 is 2.90 bits per heavy atom. The molecule has 5 rings (SSSR count). The lowest BCUT2D eigenvalue weighted by Crippen LogP contribution is -2.42. The average molecular weight is 407 g/mol. The molecule has 0 atom stereocenters. The summed E-state index contributed by atoms with van der Waals surface area (Å²) in [5, 5.41) is 7.91. The lowest BCUT2D eigenvalue weighted by Gasteiger charge is -2.23. The number of carbonyl (C=O) groups is 1. The van der Waals surface area contributed by atoms with E-state index >= 15 is 0 Å². The third-order valence-electron chi connectivity index (χ3n) is 5.54. The third kappa shape index (κ3) is 3.64. The molecule has 154 valence electrons. The van der Waals surface area contributed by atoms with E-state index in [0.717, 1.165) is 42.4 Å². The maximum Gasteiger partial charge on any atom is 0.267 e. The van der Waals surface area contributed by atoms with Gasteiger partial charge in [0.2, 0.25) is 0 Å². The first-order chi connectivity index (χ1) is 14.7. The number of rotatable bonds is 5. The van der Waals surface area contributed by atoms with Gasteiger partial charge in [0.1, 0.15) is 29.5 Å². The number of aromatic nitrogens is 1. The highest BCUT2D eigenvalue weighted by Gasteiger charge is 2.18. The highest BCUT2D eigenvalue weighted by Crippen LogP contribution is 2.29. The monoisotopic (exact) mass is 407 g/mol. The number of hydrogen-bond donors (Lipinski definition) is 3. The molecule has 0 saturated carbocycles. The SMILES string of the molecule is O=C(NC1CCNCC1)c1cc2c(OCc3coc4ccc(F)cc34)cccc2[nH]1. The van der Waals surface area contributed by atoms with Crippen molar-refractivity contribution in [2.24, 2.45) is 0 Å². The molecule has 2 aromatic heterocycles. The Labute approximate surface area is 172 Å². The van der Waals surface area contributed by atoms with Crippen molar-refractivity contribution in [3.05, 3.63) is 65.8 Å². The molecule has 1 amide bonds. The lowest BCUT2D eigenvalue weighted by molar-refractivity contribution is 0.0925. The molecule has 0 unspecified atom stereocenters. The Hall–Kier alpha value is -3.32. The second-order valence-electron chi connectivity index (χ2n) is 7.59. The number of nitrogens with one attached hydrogen (secondary N) is 3. The van der Waals surface area contributed by atoms with E-state index < -0.39 is 0 Å². The van der Waals surface area contributed by atoms with Gasteiger partial charge >= 0.3 is 0 Å². The molecule has 6 nitrogen and oxygen atoms in total. The molecule has 0 radical (unpaired) electrons. The lowest BCUT2D eigenvalue weighted by atomic mass is 10.1. The zero-order chi connectivity index (χ0) is 20.5. The van der Waals surface area contributed by atoms with Crippen molar-refractivity contribution >= 4 is 27.8 Å². The minimum absolute atomic E-state index is 0.111. The van der Waals surface area contributed by atoms with Gasteiger partial charge in [0.25, 0.3) is 5.91 Å². The van der Waals surface area contributed by atoms with Gasteiger partial charge in [-0.15, -0.1) is 0 Å². The van der Waals surface area contributed by atoms with E-state index in [9.17, 15) is 9.18 Å². The van der Waals surface area contributed by atoms with Crippen LogP contribution in [0.1, 0.15) is 28.9 Å². The molecule has 0 bridgehead atoms. The van der Waals surface area contributed by atoms with Crippen LogP contribution in [-0.4, -0.2) is 30.0 Å². The average Bonchev–Trinajstić information content (AvgIpc) is 3.37. The predicted molar refractivity (Wildman–Crippen MR) is 112 cm³/mol. The standard InChI is InChI=1S/C23H22FN3O3/c24-15-4-5-22-17(10-15)14(13-30-22)12-29-21-3-1-2-19-18(21)11-20(27-19)23(28)26-16-6-8-25-9-7-16/h1-5,10-11,13,16,25,27H,6-9,12H2,(H,26,28). The van der Waals surface area contributed by atoms with Gasteiger partial charge in [-0.25, -0.2) is 4.39 Å². The minimum atomic E-state index is -0.317. The summed E-state index contributed by atoms with van der Waals surface area (Å²) in [6, 6.07) is 12.1. The topological polar surface area (TPSA) is 79.3 Å². The summed E-state index contributed by atoms with van der Waals surface area (Å²) in [5.41, 5.74) is 2.72. The van der Waals surface area contributed by atoms with E-state index in [4.69, 9.17) is 9.15 Å². The number of aromatic amines is 1. The van der Waals surface area contributed by atoms with Crippen molar-refractivity contribution in [3.8, 4) is 5.75 Å². The smallest absolute Gasteiger partial charge is 0.267 e. The van der Waals surface area contributed by atoms with E-state index in [1.165, 1.54) is 12.1 Å². The molecular formula is C23H22FN3O3. The molecule has 7 heteroatoms. The molecule has 1 aliphatic heterocycles. The number of fused-ring (bicyclic) bond motifs is 2. The molecule has 0 aliphatic carbocycles. The maximum atomic E-state index is 13.6. The number of hydrogen-bond acceptors (Lipinski definition) is 4. The van der Waals surface area contributed by atoms with Crippen LogP contribution in [0.25, 0.3) is 21.9 Å². The van der Waals surface area contributed by atoms with E-state index in [1.54, 1.807) is 12.3 Å². The Bertz CT molecular complexity index is 1210. The summed E-state index contributed by atoms with van der Waals surface area (Å²) in [4.78, 5) is 15.8. The number of halogens is 1. The zero-order valence-electron chi connectivity index (χ0n) is 16.3. The predicted octanol–water partition coefficient (Wildman–Crippen LogP) is 4.11. The second-order valence-corrected chi connectivity index (χ2v) is 7.59. The number of benzene rings is 2. The molecule has 2 aromatic carbocycles. The molecule has 3 heterocycles. The normalized spacial score (nSPS) is 15.0. The molecule has 1 fully saturated rings. The second kappa shape index (κ2) is 7.84. The Kier molecular flexibility index (Phi) is 4.88. The summed E-state index contributed by atoms with van der Waals surface area (Å²) in [5.74, 6) is 0.220. The van der Waals surface area contributed by atoms with Gasteiger partial charge in [0.15, 0.2) is 0 Å². The fraction of sp³-hybridized carbons (Fsp3) is 0.261. The van der Waals surface area contributed by atoms with Gasteiger partial charge in [-0.05, 0) is 62.3 Å². The van der Waals surface area contributed by atoms with Gasteiger partial charge in [-0.3, -0.25) is 4.79 Å². The van der Waals surface area contributed by atoms with Crippen molar-refractivity contribution in [2.75, 3.05) is 13.1 Å². The van der Waals surface area contributed by atoms with E-state index in [-0.39, 0.29) is 24.4 Å². The number of carbonyl (C=O) groups excluding carboxylic acids is 1. The van der Waals surface area contributed by atoms with Crippen LogP contribution in [0.2, 0.25) is 0 Å². The zero-order valence-corrected chi connectivity index (χ0v) is 16.3. The van der Waals surface area contributed by atoms with E-state index in [1.807, 2.05) is 24.3 Å². The summed E-state index contributed by atoms with van der Waals surface area (Å²) in [6.45, 7) is 2.07. The van der Waals surface area contributed by atoms with Crippen LogP contribution in [0.5, 0.6) is 5.75 Å². The first-order valence-electron chi connectivity index (χ1n) is 10.1. The molecule has 4 aromatic rings. The van der Waals surface area contributed by atoms with Gasteiger partial charge in [-0.1, -0.05) is 6.07 Å². The van der Waals surface area contributed by atoms with Crippen LogP contribution in [0.3, 0.4) is 0 Å². The van der Waals surface area contributed by atoms with Crippen molar-refractivity contribution in [1.29, 1.82) is 0 Å². The molecule has 3 N–H and O–H groups in total. The number of amides is 1. The Balaban J connectivity index is 1.35. The summed E-state index contributed by atoms with van der Waals surface area (Å²) >= 11 is 0. The van der Waals surface area contributed by atoms with Crippen LogP contribution < -0.4 is 15.4 Å². The van der Waals surface area contributed by atoms with Crippen molar-refractivity contribution in [1.82, 2.24) is 15.6 Å². The molecule has 1 saturated heterocycles. The minimum Gasteiger partial charge on any atom is -0.488 e. The van der Waals surface area contributed by atoms with Gasteiger partial charge in [-0.2, -0.15) is 0 Å². The van der Waals surface area contributed by atoms with Gasteiger partial charge in [0.05, 0.1) is 6.26 Å². The third-order valence-corrected chi connectivity index (χ3v) is 5.54. The van der Waals surface area contributed by atoms with E-state index in [2.05, 4.69) is 15.6 Å². The molecule has 0 spiro atoms. The quantitative estimate of drug-likeness (QED) is 0.465. The Morgan fingerprint density at radius 1 is 1.17 bits per heavy atom. The van der Waals surface area contributed by atoms with E-state index in [0.29, 0.717) is 22.4 Å². The van der Waals surface area contributed by atoms with Crippen LogP contribution in [0, 0.1) is 5.82 Å². The molecule has 1 aliphatic rings. The highest BCUT2D eigenvalue weighted by atomic mass is 19.1. The van der Waals surface area contributed by atoms with Crippen molar-refractivity contribution < 1.29 is 18.3 Å². The maximum absolute atomic E-state index is 13.6. The number of piperidine rings is 1. The van der Waals surface area contributed by atoms with Crippen LogP contribution in [0.4, 0.5) is 4.39 Å². The van der Waals surface area contributed by atoms with Crippen LogP contribution in [0.15, 0.2) is 53.1 Å². The van der Waals surface area contributed by atoms with Gasteiger partial charge < -0.3 is 24.8 Å². The van der Waals surface area contributed by atoms with Crippen molar-refractivity contribution in [2.45, 2.75) is 25.5 Å². The summed E-state index contributed by atoms with van der Waals surface area (Å²) < 4.78 is 25.1. The van der Waals surface area contributed by atoms with Crippen LogP contribution in [-0.2, 0) is 6.61 Å². The molecule has 30 heavy (non-hydrogen) atoms. The first-order valence-corrected chi connectivity index (χ1v) is 10.1. The summed E-state index contributed by atoms with van der Waals surface area (Å²) in [6.07, 6.45) is 3.44. The fourth-order valence-corrected chi connectivity index (χ4v) is 3.93. The Morgan fingerprint density at radius 2 is 2.03 bits per heavy atom. The molecular weight excluding hydrogens is 385 g/mol. The summed E-state index contributed by atoms with van der Waals surface area (Å²) in [7, 11) is 0. The largest absolute Gasteiger partial charge is 0.488 e. The number of furan rings is 1. The number of H-pyrrole nitrogens is 1. The van der Waals surface area contributed by atoms with Crippen LogP contribution >= 0.6 is 0 Å². The highest BCUT2D eigenvalue weighted by molar-refractivity contribution is 5.99.